The highest BCUT2D eigenvalue weighted by Gasteiger charge is 2.40. The summed E-state index contributed by atoms with van der Waals surface area (Å²) in [6.45, 7) is 9.94. The molecule has 0 aliphatic heterocycles. The average Bonchev–Trinajstić information content (AvgIpc) is 2.74. The summed E-state index contributed by atoms with van der Waals surface area (Å²) >= 11 is 0. The molecular formula is C25H31N2O3PS. The van der Waals surface area contributed by atoms with Gasteiger partial charge in [0.1, 0.15) is 0 Å². The van der Waals surface area contributed by atoms with Gasteiger partial charge in [-0.2, -0.15) is 0 Å². The van der Waals surface area contributed by atoms with Gasteiger partial charge >= 0.3 is 0 Å². The number of anilines is 1. The van der Waals surface area contributed by atoms with Crippen LogP contribution in [0.15, 0.2) is 83.8 Å². The van der Waals surface area contributed by atoms with Crippen LogP contribution in [0.3, 0.4) is 0 Å². The Morgan fingerprint density at radius 1 is 0.781 bits per heavy atom. The average molecular weight is 471 g/mol. The minimum atomic E-state index is -3.85. The van der Waals surface area contributed by atoms with Crippen molar-refractivity contribution in [2.45, 2.75) is 51.6 Å². The summed E-state index contributed by atoms with van der Waals surface area (Å²) in [6.07, 6.45) is 0. The molecule has 3 rings (SSSR count). The van der Waals surface area contributed by atoms with Crippen molar-refractivity contribution in [3.8, 4) is 0 Å². The Labute approximate surface area is 192 Å². The van der Waals surface area contributed by atoms with Crippen LogP contribution in [-0.2, 0) is 14.6 Å². The predicted octanol–water partition coefficient (Wildman–Crippen LogP) is 5.14. The maximum absolute atomic E-state index is 15.0. The number of aryl methyl sites for hydroxylation is 1. The second kappa shape index (κ2) is 9.62. The van der Waals surface area contributed by atoms with E-state index in [0.29, 0.717) is 16.3 Å². The van der Waals surface area contributed by atoms with Crippen LogP contribution >= 0.6 is 7.29 Å². The Morgan fingerprint density at radius 2 is 1.31 bits per heavy atom. The van der Waals surface area contributed by atoms with Gasteiger partial charge in [-0.25, -0.2) is 13.1 Å². The number of sulfonamides is 1. The van der Waals surface area contributed by atoms with E-state index < -0.39 is 17.3 Å². The van der Waals surface area contributed by atoms with E-state index in [0.717, 1.165) is 5.56 Å². The molecule has 0 fully saturated rings. The lowest BCUT2D eigenvalue weighted by molar-refractivity contribution is 0.307. The summed E-state index contributed by atoms with van der Waals surface area (Å²) in [5.41, 5.74) is 1.30. The maximum atomic E-state index is 15.0. The molecule has 170 valence electrons. The number of benzene rings is 3. The predicted molar refractivity (Wildman–Crippen MR) is 134 cm³/mol. The monoisotopic (exact) mass is 470 g/mol. The summed E-state index contributed by atoms with van der Waals surface area (Å²) in [7, 11) is -7.21. The van der Waals surface area contributed by atoms with Crippen LogP contribution in [0.1, 0.15) is 33.3 Å². The third-order valence-electron chi connectivity index (χ3n) is 5.30. The molecule has 5 nitrogen and oxygen atoms in total. The van der Waals surface area contributed by atoms with E-state index in [-0.39, 0.29) is 17.0 Å². The van der Waals surface area contributed by atoms with E-state index in [2.05, 4.69) is 4.72 Å². The zero-order valence-electron chi connectivity index (χ0n) is 19.2. The van der Waals surface area contributed by atoms with Crippen molar-refractivity contribution in [1.29, 1.82) is 0 Å². The number of nitrogens with zero attached hydrogens (tertiary/aromatic N) is 1. The molecule has 0 aliphatic rings. The van der Waals surface area contributed by atoms with E-state index in [1.54, 1.807) is 48.5 Å². The zero-order chi connectivity index (χ0) is 23.5. The third kappa shape index (κ3) is 4.83. The summed E-state index contributed by atoms with van der Waals surface area (Å²) in [4.78, 5) is 0.164. The molecule has 0 saturated carbocycles. The standard InChI is InChI=1S/C25H31N2O3PS/c1-19(2)27(20(3)4)31(28,22-11-7-6-8-12-22)25-14-10-9-13-24(25)26-32(29,30)23-17-15-21(5)16-18-23/h6-20,26H,1-5H3. The van der Waals surface area contributed by atoms with Gasteiger partial charge in [0.05, 0.1) is 15.9 Å². The molecule has 0 saturated heterocycles. The van der Waals surface area contributed by atoms with Gasteiger partial charge in [-0.05, 0) is 71.0 Å². The van der Waals surface area contributed by atoms with Gasteiger partial charge in [0.2, 0.25) is 7.29 Å². The largest absolute Gasteiger partial charge is 0.296 e. The van der Waals surface area contributed by atoms with Crippen molar-refractivity contribution >= 4 is 33.6 Å². The molecule has 7 heteroatoms. The van der Waals surface area contributed by atoms with E-state index in [1.807, 2.05) is 69.6 Å². The molecule has 0 aliphatic carbocycles. The molecule has 0 radical (unpaired) electrons. The second-order valence-corrected chi connectivity index (χ2v) is 12.7. The fraction of sp³-hybridized carbons (Fsp3) is 0.280. The summed E-state index contributed by atoms with van der Waals surface area (Å²) < 4.78 is 46.0. The second-order valence-electron chi connectivity index (χ2n) is 8.41. The Morgan fingerprint density at radius 3 is 1.88 bits per heavy atom. The van der Waals surface area contributed by atoms with Gasteiger partial charge in [0, 0.05) is 17.4 Å². The minimum Gasteiger partial charge on any atom is -0.296 e. The van der Waals surface area contributed by atoms with Gasteiger partial charge in [-0.15, -0.1) is 0 Å². The molecule has 0 amide bonds. The number of hydrogen-bond donors (Lipinski definition) is 1. The lowest BCUT2D eigenvalue weighted by Crippen LogP contribution is -2.41. The molecule has 1 N–H and O–H groups in total. The quantitative estimate of drug-likeness (QED) is 0.463. The number of nitrogens with one attached hydrogen (secondary N) is 1. The number of para-hydroxylation sites is 1. The number of hydrogen-bond acceptors (Lipinski definition) is 3. The van der Waals surface area contributed by atoms with Crippen molar-refractivity contribution in [1.82, 2.24) is 4.67 Å². The topological polar surface area (TPSA) is 66.5 Å². The first-order valence-corrected chi connectivity index (χ1v) is 13.8. The fourth-order valence-corrected chi connectivity index (χ4v) is 8.59. The third-order valence-corrected chi connectivity index (χ3v) is 10.3. The molecular weight excluding hydrogens is 439 g/mol. The SMILES string of the molecule is Cc1ccc(S(=O)(=O)Nc2ccccc2P(=O)(c2ccccc2)N(C(C)C)C(C)C)cc1. The molecule has 3 aromatic rings. The first kappa shape index (κ1) is 24.2. The molecule has 0 aromatic heterocycles. The Hall–Kier alpha value is -2.40. The van der Waals surface area contributed by atoms with E-state index in [4.69, 9.17) is 0 Å². The molecule has 1 atom stereocenters. The van der Waals surface area contributed by atoms with Crippen molar-refractivity contribution in [2.24, 2.45) is 0 Å². The Kier molecular flexibility index (Phi) is 7.29. The Bertz CT molecular complexity index is 1200. The lowest BCUT2D eigenvalue weighted by atomic mass is 10.2. The van der Waals surface area contributed by atoms with Crippen molar-refractivity contribution < 1.29 is 13.0 Å². The molecule has 0 spiro atoms. The highest BCUT2D eigenvalue weighted by Crippen LogP contribution is 2.51. The first-order chi connectivity index (χ1) is 15.1. The smallest absolute Gasteiger partial charge is 0.261 e. The fourth-order valence-electron chi connectivity index (χ4n) is 4.02. The zero-order valence-corrected chi connectivity index (χ0v) is 20.9. The molecule has 0 heterocycles. The lowest BCUT2D eigenvalue weighted by Gasteiger charge is -2.39. The van der Waals surface area contributed by atoms with Gasteiger partial charge in [0.15, 0.2) is 0 Å². The highest BCUT2D eigenvalue weighted by atomic mass is 32.2. The molecule has 0 bridgehead atoms. The van der Waals surface area contributed by atoms with Crippen LogP contribution in [0.4, 0.5) is 5.69 Å². The summed E-state index contributed by atoms with van der Waals surface area (Å²) in [6, 6.07) is 22.9. The summed E-state index contributed by atoms with van der Waals surface area (Å²) in [5, 5.41) is 1.15. The van der Waals surface area contributed by atoms with E-state index in [9.17, 15) is 13.0 Å². The van der Waals surface area contributed by atoms with Gasteiger partial charge in [-0.3, -0.25) is 9.29 Å². The normalized spacial score (nSPS) is 14.0. The van der Waals surface area contributed by atoms with E-state index in [1.165, 1.54) is 0 Å². The van der Waals surface area contributed by atoms with Gasteiger partial charge < -0.3 is 0 Å². The summed E-state index contributed by atoms with van der Waals surface area (Å²) in [5.74, 6) is 0. The van der Waals surface area contributed by atoms with Crippen LogP contribution < -0.4 is 15.3 Å². The number of rotatable bonds is 8. The van der Waals surface area contributed by atoms with Crippen molar-refractivity contribution in [3.05, 3.63) is 84.4 Å². The van der Waals surface area contributed by atoms with Gasteiger partial charge in [-0.1, -0.05) is 48.0 Å². The van der Waals surface area contributed by atoms with Crippen LogP contribution in [0, 0.1) is 6.92 Å². The molecule has 1 unspecified atom stereocenters. The minimum absolute atomic E-state index is 0.0252. The van der Waals surface area contributed by atoms with Crippen LogP contribution in [0.5, 0.6) is 0 Å². The highest BCUT2D eigenvalue weighted by molar-refractivity contribution is 7.92. The first-order valence-electron chi connectivity index (χ1n) is 10.7. The van der Waals surface area contributed by atoms with Crippen molar-refractivity contribution in [2.75, 3.05) is 4.72 Å². The van der Waals surface area contributed by atoms with Crippen molar-refractivity contribution in [3.63, 3.8) is 0 Å². The Balaban J connectivity index is 2.20. The van der Waals surface area contributed by atoms with E-state index >= 15 is 0 Å². The van der Waals surface area contributed by atoms with Crippen LogP contribution in [-0.4, -0.2) is 25.2 Å². The molecule has 32 heavy (non-hydrogen) atoms. The molecule has 3 aromatic carbocycles. The van der Waals surface area contributed by atoms with Crippen LogP contribution in [0.25, 0.3) is 0 Å². The maximum Gasteiger partial charge on any atom is 0.261 e. The van der Waals surface area contributed by atoms with Crippen LogP contribution in [0.2, 0.25) is 0 Å². The van der Waals surface area contributed by atoms with Gasteiger partial charge in [0.25, 0.3) is 10.0 Å².